The summed E-state index contributed by atoms with van der Waals surface area (Å²) >= 11 is 3.12. The summed E-state index contributed by atoms with van der Waals surface area (Å²) in [4.78, 5) is 22.1. The molecular weight excluding hydrogens is 250 g/mol. The van der Waals surface area contributed by atoms with Gasteiger partial charge in [-0.1, -0.05) is 22.5 Å². The maximum Gasteiger partial charge on any atom is 0.267 e. The first-order valence-electron chi connectivity index (χ1n) is 4.06. The van der Waals surface area contributed by atoms with E-state index in [4.69, 9.17) is 0 Å². The summed E-state index contributed by atoms with van der Waals surface area (Å²) in [6, 6.07) is 0. The van der Waals surface area contributed by atoms with Gasteiger partial charge in [-0.25, -0.2) is 5.43 Å². The summed E-state index contributed by atoms with van der Waals surface area (Å²) in [7, 11) is 0. The Hall–Kier alpha value is -1.17. The van der Waals surface area contributed by atoms with E-state index in [0.29, 0.717) is 29.6 Å². The molecule has 1 rings (SSSR count). The molecule has 0 unspecified atom stereocenters. The van der Waals surface area contributed by atoms with Gasteiger partial charge in [0.2, 0.25) is 5.91 Å². The van der Waals surface area contributed by atoms with Gasteiger partial charge in [-0.15, -0.1) is 0 Å². The average Bonchev–Trinajstić information content (AvgIpc) is 2.15. The van der Waals surface area contributed by atoms with Crippen molar-refractivity contribution >= 4 is 33.5 Å². The van der Waals surface area contributed by atoms with Crippen molar-refractivity contribution in [2.24, 2.45) is 5.10 Å². The molecule has 0 atom stereocenters. The lowest BCUT2D eigenvalue weighted by atomic mass is 10.1. The Morgan fingerprint density at radius 1 is 1.64 bits per heavy atom. The number of hydrazone groups is 1. The van der Waals surface area contributed by atoms with Crippen LogP contribution < -0.4 is 10.7 Å². The number of halogens is 1. The zero-order valence-corrected chi connectivity index (χ0v) is 9.06. The Morgan fingerprint density at radius 3 is 2.86 bits per heavy atom. The Balaban J connectivity index is 2.45. The highest BCUT2D eigenvalue weighted by molar-refractivity contribution is 9.11. The molecule has 1 aliphatic heterocycles. The molecule has 6 heteroatoms. The highest BCUT2D eigenvalue weighted by Gasteiger charge is 2.17. The van der Waals surface area contributed by atoms with E-state index in [-0.39, 0.29) is 11.8 Å². The zero-order chi connectivity index (χ0) is 10.6. The van der Waals surface area contributed by atoms with E-state index in [9.17, 15) is 9.59 Å². The highest BCUT2D eigenvalue weighted by Crippen LogP contribution is 2.01. The molecule has 1 aliphatic rings. The molecule has 76 valence electrons. The molecule has 2 N–H and O–H groups in total. The van der Waals surface area contributed by atoms with E-state index in [2.05, 4.69) is 38.4 Å². The van der Waals surface area contributed by atoms with Crippen LogP contribution in [-0.2, 0) is 9.59 Å². The molecule has 0 fully saturated rings. The van der Waals surface area contributed by atoms with E-state index in [1.54, 1.807) is 0 Å². The van der Waals surface area contributed by atoms with Gasteiger partial charge < -0.3 is 5.32 Å². The van der Waals surface area contributed by atoms with Crippen LogP contribution in [-0.4, -0.2) is 24.1 Å². The predicted octanol–water partition coefficient (Wildman–Crippen LogP) is 0.277. The highest BCUT2D eigenvalue weighted by atomic mass is 79.9. The van der Waals surface area contributed by atoms with Crippen LogP contribution in [0.25, 0.3) is 0 Å². The van der Waals surface area contributed by atoms with E-state index in [0.717, 1.165) is 0 Å². The van der Waals surface area contributed by atoms with Gasteiger partial charge in [0.1, 0.15) is 5.71 Å². The number of hydrogen-bond donors (Lipinski definition) is 2. The van der Waals surface area contributed by atoms with E-state index in [1.165, 1.54) is 0 Å². The molecule has 0 bridgehead atoms. The molecule has 0 aliphatic carbocycles. The van der Waals surface area contributed by atoms with Gasteiger partial charge in [0.05, 0.1) is 0 Å². The van der Waals surface area contributed by atoms with Gasteiger partial charge >= 0.3 is 0 Å². The minimum Gasteiger partial charge on any atom is -0.346 e. The molecule has 1 heterocycles. The first-order valence-corrected chi connectivity index (χ1v) is 4.86. The summed E-state index contributed by atoms with van der Waals surface area (Å²) in [6.45, 7) is 3.93. The summed E-state index contributed by atoms with van der Waals surface area (Å²) in [6.07, 6.45) is 0.688. The summed E-state index contributed by atoms with van der Waals surface area (Å²) in [5.41, 5.74) is 2.60. The first-order chi connectivity index (χ1) is 6.59. The van der Waals surface area contributed by atoms with Crippen LogP contribution in [0.4, 0.5) is 0 Å². The quantitative estimate of drug-likeness (QED) is 0.765. The summed E-state index contributed by atoms with van der Waals surface area (Å²) in [5.74, 6) is -0.433. The number of nitrogens with one attached hydrogen (secondary N) is 2. The van der Waals surface area contributed by atoms with Crippen molar-refractivity contribution in [3.05, 3.63) is 11.1 Å². The summed E-state index contributed by atoms with van der Waals surface area (Å²) < 4.78 is 0.686. The van der Waals surface area contributed by atoms with E-state index < -0.39 is 0 Å². The maximum absolute atomic E-state index is 11.4. The smallest absolute Gasteiger partial charge is 0.267 e. The largest absolute Gasteiger partial charge is 0.346 e. The minimum atomic E-state index is -0.273. The number of hydrogen-bond acceptors (Lipinski definition) is 3. The predicted molar refractivity (Wildman–Crippen MR) is 55.9 cm³/mol. The monoisotopic (exact) mass is 259 g/mol. The number of amides is 2. The van der Waals surface area contributed by atoms with Crippen LogP contribution in [0.15, 0.2) is 16.2 Å². The first kappa shape index (κ1) is 10.9. The second-order valence-corrected chi connectivity index (χ2v) is 3.91. The molecule has 0 radical (unpaired) electrons. The van der Waals surface area contributed by atoms with E-state index in [1.807, 2.05) is 0 Å². The Morgan fingerprint density at radius 2 is 2.36 bits per heavy atom. The molecule has 0 aromatic carbocycles. The van der Waals surface area contributed by atoms with Crippen molar-refractivity contribution in [3.8, 4) is 0 Å². The molecule has 0 aromatic rings. The molecule has 0 saturated heterocycles. The van der Waals surface area contributed by atoms with E-state index >= 15 is 0 Å². The Labute approximate surface area is 89.8 Å². The fourth-order valence-corrected chi connectivity index (χ4v) is 1.06. The molecule has 0 aromatic heterocycles. The van der Waals surface area contributed by atoms with Crippen LogP contribution in [0.3, 0.4) is 0 Å². The lowest BCUT2D eigenvalue weighted by Gasteiger charge is -2.11. The molecule has 0 saturated carbocycles. The van der Waals surface area contributed by atoms with Crippen molar-refractivity contribution in [1.82, 2.24) is 10.7 Å². The minimum absolute atomic E-state index is 0.161. The lowest BCUT2D eigenvalue weighted by Crippen LogP contribution is -2.37. The van der Waals surface area contributed by atoms with Crippen LogP contribution >= 0.6 is 15.9 Å². The number of rotatable bonds is 3. The third kappa shape index (κ3) is 3.29. The van der Waals surface area contributed by atoms with Crippen LogP contribution in [0.5, 0.6) is 0 Å². The van der Waals surface area contributed by atoms with Gasteiger partial charge in [0.25, 0.3) is 5.91 Å². The van der Waals surface area contributed by atoms with Crippen molar-refractivity contribution in [2.75, 3.05) is 6.54 Å². The van der Waals surface area contributed by atoms with Crippen LogP contribution in [0, 0.1) is 0 Å². The fourth-order valence-electron chi connectivity index (χ4n) is 0.916. The normalized spacial score (nSPS) is 15.5. The zero-order valence-electron chi connectivity index (χ0n) is 7.47. The third-order valence-corrected chi connectivity index (χ3v) is 1.89. The molecular formula is C8H10BrN3O2. The second kappa shape index (κ2) is 4.90. The van der Waals surface area contributed by atoms with Crippen LogP contribution in [0.2, 0.25) is 0 Å². The SMILES string of the molecule is C=C(Br)CNC(=O)C1=NNC(=O)CC1. The molecule has 2 amide bonds. The Bertz CT molecular complexity index is 312. The van der Waals surface area contributed by atoms with Crippen molar-refractivity contribution < 1.29 is 9.59 Å². The van der Waals surface area contributed by atoms with Crippen molar-refractivity contribution in [3.63, 3.8) is 0 Å². The second-order valence-electron chi connectivity index (χ2n) is 2.79. The maximum atomic E-state index is 11.4. The average molecular weight is 260 g/mol. The molecule has 0 spiro atoms. The van der Waals surface area contributed by atoms with Crippen LogP contribution in [0.1, 0.15) is 12.8 Å². The lowest BCUT2D eigenvalue weighted by molar-refractivity contribution is -0.121. The number of nitrogens with zero attached hydrogens (tertiary/aromatic N) is 1. The Kier molecular flexibility index (Phi) is 3.82. The van der Waals surface area contributed by atoms with Crippen molar-refractivity contribution in [2.45, 2.75) is 12.8 Å². The fraction of sp³-hybridized carbons (Fsp3) is 0.375. The third-order valence-electron chi connectivity index (χ3n) is 1.61. The topological polar surface area (TPSA) is 70.6 Å². The molecule has 5 nitrogen and oxygen atoms in total. The van der Waals surface area contributed by atoms with Gasteiger partial charge in [-0.3, -0.25) is 9.59 Å². The molecule has 14 heavy (non-hydrogen) atoms. The van der Waals surface area contributed by atoms with Crippen molar-refractivity contribution in [1.29, 1.82) is 0 Å². The van der Waals surface area contributed by atoms with Gasteiger partial charge in [0.15, 0.2) is 0 Å². The van der Waals surface area contributed by atoms with Gasteiger partial charge in [0, 0.05) is 23.9 Å². The standard InChI is InChI=1S/C8H10BrN3O2/c1-5(9)4-10-8(14)6-2-3-7(13)12-11-6/h1-4H2,(H,10,14)(H,12,13). The van der Waals surface area contributed by atoms with Gasteiger partial charge in [-0.05, 0) is 0 Å². The number of carbonyl (C=O) groups excluding carboxylic acids is 2. The summed E-state index contributed by atoms with van der Waals surface area (Å²) in [5, 5.41) is 6.25. The number of carbonyl (C=O) groups is 2. The van der Waals surface area contributed by atoms with Gasteiger partial charge in [-0.2, -0.15) is 5.10 Å².